The topological polar surface area (TPSA) is 82.2 Å². The van der Waals surface area contributed by atoms with Crippen LogP contribution in [0, 0.1) is 0 Å². The van der Waals surface area contributed by atoms with Crippen molar-refractivity contribution in [3.63, 3.8) is 0 Å². The lowest BCUT2D eigenvalue weighted by atomic mass is 10.3. The molecule has 1 aromatic carbocycles. The minimum absolute atomic E-state index is 0.121. The first kappa shape index (κ1) is 14.9. The van der Waals surface area contributed by atoms with Crippen molar-refractivity contribution >= 4 is 11.6 Å². The zero-order valence-corrected chi connectivity index (χ0v) is 12.2. The van der Waals surface area contributed by atoms with Gasteiger partial charge in [-0.3, -0.25) is 4.79 Å². The van der Waals surface area contributed by atoms with Gasteiger partial charge in [0.05, 0.1) is 18.6 Å². The molecule has 0 bridgehead atoms. The van der Waals surface area contributed by atoms with Crippen molar-refractivity contribution in [1.82, 2.24) is 9.55 Å². The molecular weight excluding hydrogens is 268 g/mol. The van der Waals surface area contributed by atoms with E-state index in [4.69, 9.17) is 10.5 Å². The number of aromatic nitrogens is 2. The van der Waals surface area contributed by atoms with Crippen LogP contribution in [0.3, 0.4) is 0 Å². The maximum Gasteiger partial charge on any atom is 0.255 e. The molecular formula is C15H20N4O2. The summed E-state index contributed by atoms with van der Waals surface area (Å²) in [5.41, 5.74) is 7.07. The summed E-state index contributed by atoms with van der Waals surface area (Å²) in [6.45, 7) is 4.77. The van der Waals surface area contributed by atoms with E-state index in [0.29, 0.717) is 18.3 Å². The van der Waals surface area contributed by atoms with Gasteiger partial charge in [-0.2, -0.15) is 0 Å². The van der Waals surface area contributed by atoms with E-state index in [1.807, 2.05) is 30.7 Å². The monoisotopic (exact) mass is 288 g/mol. The molecule has 0 unspecified atom stereocenters. The molecule has 0 aliphatic carbocycles. The summed E-state index contributed by atoms with van der Waals surface area (Å²) in [6.07, 6.45) is 3.68. The molecule has 112 valence electrons. The fraction of sp³-hybridized carbons (Fsp3) is 0.333. The predicted molar refractivity (Wildman–Crippen MR) is 81.1 cm³/mol. The quantitative estimate of drug-likeness (QED) is 0.815. The largest absolute Gasteiger partial charge is 0.484 e. The Hall–Kier alpha value is -2.50. The van der Waals surface area contributed by atoms with Crippen LogP contribution in [0.1, 0.15) is 25.6 Å². The SMILES string of the molecule is CC(C)n1cncc1CNc1cccc(OCC(N)=O)c1. The summed E-state index contributed by atoms with van der Waals surface area (Å²) in [4.78, 5) is 14.9. The fourth-order valence-electron chi connectivity index (χ4n) is 1.98. The van der Waals surface area contributed by atoms with Gasteiger partial charge in [-0.25, -0.2) is 4.98 Å². The van der Waals surface area contributed by atoms with Crippen molar-refractivity contribution in [1.29, 1.82) is 0 Å². The number of benzene rings is 1. The first-order valence-electron chi connectivity index (χ1n) is 6.82. The van der Waals surface area contributed by atoms with E-state index in [1.54, 1.807) is 6.07 Å². The maximum absolute atomic E-state index is 10.7. The van der Waals surface area contributed by atoms with Gasteiger partial charge in [0.15, 0.2) is 6.61 Å². The highest BCUT2D eigenvalue weighted by atomic mass is 16.5. The number of nitrogens with one attached hydrogen (secondary N) is 1. The molecule has 0 radical (unpaired) electrons. The molecule has 6 nitrogen and oxygen atoms in total. The Morgan fingerprint density at radius 1 is 1.48 bits per heavy atom. The Bertz CT molecular complexity index is 607. The molecule has 1 amide bonds. The molecule has 0 spiro atoms. The van der Waals surface area contributed by atoms with Crippen LogP contribution in [0.25, 0.3) is 0 Å². The average molecular weight is 288 g/mol. The number of primary amides is 1. The first-order chi connectivity index (χ1) is 10.1. The summed E-state index contributed by atoms with van der Waals surface area (Å²) < 4.78 is 7.39. The van der Waals surface area contributed by atoms with E-state index >= 15 is 0 Å². The highest BCUT2D eigenvalue weighted by Gasteiger charge is 2.05. The highest BCUT2D eigenvalue weighted by molar-refractivity contribution is 5.75. The number of nitrogens with two attached hydrogens (primary N) is 1. The molecule has 0 atom stereocenters. The molecule has 0 saturated heterocycles. The first-order valence-corrected chi connectivity index (χ1v) is 6.82. The Kier molecular flexibility index (Phi) is 4.81. The van der Waals surface area contributed by atoms with Crippen molar-refractivity contribution in [3.8, 4) is 5.75 Å². The van der Waals surface area contributed by atoms with Crippen molar-refractivity contribution < 1.29 is 9.53 Å². The fourth-order valence-corrected chi connectivity index (χ4v) is 1.98. The number of imidazole rings is 1. The number of hydrogen-bond acceptors (Lipinski definition) is 4. The van der Waals surface area contributed by atoms with Gasteiger partial charge in [0.25, 0.3) is 5.91 Å². The van der Waals surface area contributed by atoms with E-state index in [1.165, 1.54) is 0 Å². The lowest BCUT2D eigenvalue weighted by Gasteiger charge is -2.13. The Morgan fingerprint density at radius 2 is 2.29 bits per heavy atom. The smallest absolute Gasteiger partial charge is 0.255 e. The lowest BCUT2D eigenvalue weighted by molar-refractivity contribution is -0.119. The molecule has 0 saturated carbocycles. The van der Waals surface area contributed by atoms with Crippen LogP contribution in [0.2, 0.25) is 0 Å². The van der Waals surface area contributed by atoms with Crippen LogP contribution in [0.15, 0.2) is 36.8 Å². The van der Waals surface area contributed by atoms with Crippen LogP contribution in [-0.4, -0.2) is 22.1 Å². The van der Waals surface area contributed by atoms with Crippen LogP contribution in [0.5, 0.6) is 5.75 Å². The molecule has 0 aliphatic heterocycles. The molecule has 3 N–H and O–H groups in total. The second-order valence-corrected chi connectivity index (χ2v) is 5.02. The van der Waals surface area contributed by atoms with Crippen molar-refractivity contribution in [2.75, 3.05) is 11.9 Å². The summed E-state index contributed by atoms with van der Waals surface area (Å²) >= 11 is 0. The van der Waals surface area contributed by atoms with Gasteiger partial charge in [-0.05, 0) is 26.0 Å². The third kappa shape index (κ3) is 4.24. The number of anilines is 1. The summed E-state index contributed by atoms with van der Waals surface area (Å²) in [5, 5.41) is 3.31. The van der Waals surface area contributed by atoms with E-state index in [0.717, 1.165) is 11.4 Å². The summed E-state index contributed by atoms with van der Waals surface area (Å²) in [6, 6.07) is 7.78. The van der Waals surface area contributed by atoms with Crippen LogP contribution >= 0.6 is 0 Å². The maximum atomic E-state index is 10.7. The highest BCUT2D eigenvalue weighted by Crippen LogP contribution is 2.18. The summed E-state index contributed by atoms with van der Waals surface area (Å²) in [5.74, 6) is 0.116. The average Bonchev–Trinajstić information content (AvgIpc) is 2.92. The van der Waals surface area contributed by atoms with Gasteiger partial charge in [0, 0.05) is 24.0 Å². The van der Waals surface area contributed by atoms with Crippen LogP contribution in [-0.2, 0) is 11.3 Å². The van der Waals surface area contributed by atoms with Crippen molar-refractivity contribution in [2.24, 2.45) is 5.73 Å². The van der Waals surface area contributed by atoms with Crippen molar-refractivity contribution in [2.45, 2.75) is 26.4 Å². The molecule has 2 aromatic rings. The van der Waals surface area contributed by atoms with Gasteiger partial charge in [0.1, 0.15) is 5.75 Å². The zero-order chi connectivity index (χ0) is 15.2. The minimum Gasteiger partial charge on any atom is -0.484 e. The molecule has 1 aromatic heterocycles. The lowest BCUT2D eigenvalue weighted by Crippen LogP contribution is -2.20. The molecule has 21 heavy (non-hydrogen) atoms. The normalized spacial score (nSPS) is 10.6. The predicted octanol–water partition coefficient (Wildman–Crippen LogP) is 1.94. The standard InChI is InChI=1S/C15H20N4O2/c1-11(2)19-10-17-7-13(19)8-18-12-4-3-5-14(6-12)21-9-15(16)20/h3-7,10-11,18H,8-9H2,1-2H3,(H2,16,20). The zero-order valence-electron chi connectivity index (χ0n) is 12.2. The second kappa shape index (κ2) is 6.78. The van der Waals surface area contributed by atoms with Gasteiger partial charge in [0.2, 0.25) is 0 Å². The van der Waals surface area contributed by atoms with Gasteiger partial charge in [-0.1, -0.05) is 6.07 Å². The molecule has 1 heterocycles. The van der Waals surface area contributed by atoms with Crippen molar-refractivity contribution in [3.05, 3.63) is 42.5 Å². The Morgan fingerprint density at radius 3 is 3.00 bits per heavy atom. The summed E-state index contributed by atoms with van der Waals surface area (Å²) in [7, 11) is 0. The number of carbonyl (C=O) groups excluding carboxylic acids is 1. The Labute approximate surface area is 123 Å². The number of rotatable bonds is 7. The van der Waals surface area contributed by atoms with E-state index in [9.17, 15) is 4.79 Å². The van der Waals surface area contributed by atoms with Gasteiger partial charge in [-0.15, -0.1) is 0 Å². The number of ether oxygens (including phenoxy) is 1. The van der Waals surface area contributed by atoms with Gasteiger partial charge >= 0.3 is 0 Å². The number of amides is 1. The number of hydrogen-bond donors (Lipinski definition) is 2. The second-order valence-electron chi connectivity index (χ2n) is 5.02. The van der Waals surface area contributed by atoms with Crippen LogP contribution < -0.4 is 15.8 Å². The number of nitrogens with zero attached hydrogens (tertiary/aromatic N) is 2. The molecule has 0 aliphatic rings. The van der Waals surface area contributed by atoms with Crippen LogP contribution in [0.4, 0.5) is 5.69 Å². The molecule has 6 heteroatoms. The molecule has 0 fully saturated rings. The third-order valence-corrected chi connectivity index (χ3v) is 2.99. The molecule has 2 rings (SSSR count). The van der Waals surface area contributed by atoms with E-state index in [2.05, 4.69) is 28.7 Å². The van der Waals surface area contributed by atoms with E-state index in [-0.39, 0.29) is 6.61 Å². The third-order valence-electron chi connectivity index (χ3n) is 2.99. The van der Waals surface area contributed by atoms with E-state index < -0.39 is 5.91 Å². The minimum atomic E-state index is -0.491. The Balaban J connectivity index is 1.98. The number of carbonyl (C=O) groups is 1. The van der Waals surface area contributed by atoms with Gasteiger partial charge < -0.3 is 20.4 Å².